The molecule has 244 valence electrons. The van der Waals surface area contributed by atoms with Gasteiger partial charge in [-0.25, -0.2) is 8.78 Å². The van der Waals surface area contributed by atoms with Crippen LogP contribution in [0.3, 0.4) is 0 Å². The average Bonchev–Trinajstić information content (AvgIpc) is 3.36. The second kappa shape index (κ2) is 16.9. The van der Waals surface area contributed by atoms with E-state index >= 15 is 0 Å². The van der Waals surface area contributed by atoms with Crippen LogP contribution in [0.15, 0.2) is 78.9 Å². The van der Waals surface area contributed by atoms with Crippen LogP contribution in [0.2, 0.25) is 0 Å². The van der Waals surface area contributed by atoms with Crippen molar-refractivity contribution in [1.29, 1.82) is 0 Å². The van der Waals surface area contributed by atoms with Crippen LogP contribution in [0.25, 0.3) is 28.3 Å². The normalized spacial score (nSPS) is 13.2. The van der Waals surface area contributed by atoms with Gasteiger partial charge in [0, 0.05) is 29.3 Å². The van der Waals surface area contributed by atoms with Crippen molar-refractivity contribution in [2.45, 2.75) is 57.9 Å². The fraction of sp³-hybridized carbons (Fsp3) is 0.278. The summed E-state index contributed by atoms with van der Waals surface area (Å²) in [5.74, 6) is -1.86. The molecular formula is C36H39F2N2NaO6. The van der Waals surface area contributed by atoms with Gasteiger partial charge in [0.2, 0.25) is 0 Å². The molecule has 3 atom stereocenters. The third kappa shape index (κ3) is 9.39. The first-order valence-corrected chi connectivity index (χ1v) is 14.9. The minimum atomic E-state index is -1.28. The Morgan fingerprint density at radius 3 is 1.89 bits per heavy atom. The molecule has 1 aromatic heterocycles. The molecule has 11 heteroatoms. The zero-order chi connectivity index (χ0) is 33.5. The Balaban J connectivity index is 0.00000600. The molecule has 4 aromatic rings. The van der Waals surface area contributed by atoms with Crippen LogP contribution in [0.5, 0.6) is 5.75 Å². The Hall–Kier alpha value is -3.80. The van der Waals surface area contributed by atoms with Crippen LogP contribution in [0.1, 0.15) is 67.4 Å². The summed E-state index contributed by atoms with van der Waals surface area (Å²) in [6.45, 7) is 5.62. The van der Waals surface area contributed by atoms with E-state index in [4.69, 9.17) is 9.84 Å². The fourth-order valence-corrected chi connectivity index (χ4v) is 5.42. The summed E-state index contributed by atoms with van der Waals surface area (Å²) in [7, 11) is 1.57. The Kier molecular flexibility index (Phi) is 13.5. The van der Waals surface area contributed by atoms with Crippen molar-refractivity contribution < 1.29 is 38.4 Å². The number of aliphatic hydroxyl groups excluding tert-OH is 2. The van der Waals surface area contributed by atoms with Crippen molar-refractivity contribution in [2.24, 2.45) is 0 Å². The summed E-state index contributed by atoms with van der Waals surface area (Å²) in [4.78, 5) is 25.3. The monoisotopic (exact) mass is 656 g/mol. The summed E-state index contributed by atoms with van der Waals surface area (Å²) in [5.41, 5.74) is 3.71. The summed E-state index contributed by atoms with van der Waals surface area (Å²) in [5, 5.41) is 32.9. The fourth-order valence-electron chi connectivity index (χ4n) is 5.42. The van der Waals surface area contributed by atoms with Gasteiger partial charge in [-0.3, -0.25) is 9.59 Å². The van der Waals surface area contributed by atoms with Crippen molar-refractivity contribution in [1.82, 2.24) is 9.88 Å². The summed E-state index contributed by atoms with van der Waals surface area (Å²) >= 11 is 0. The Morgan fingerprint density at radius 2 is 1.40 bits per heavy atom. The van der Waals surface area contributed by atoms with Crippen LogP contribution >= 0.6 is 0 Å². The number of aromatic nitrogens is 1. The number of ether oxygens (including phenoxy) is 1. The first-order valence-electron chi connectivity index (χ1n) is 14.9. The van der Waals surface area contributed by atoms with E-state index < -0.39 is 48.2 Å². The van der Waals surface area contributed by atoms with Crippen LogP contribution in [0.4, 0.5) is 8.78 Å². The molecule has 0 aliphatic carbocycles. The van der Waals surface area contributed by atoms with Gasteiger partial charge in [-0.1, -0.05) is 42.5 Å². The van der Waals surface area contributed by atoms with Gasteiger partial charge in [0.05, 0.1) is 31.8 Å². The molecule has 3 aromatic carbocycles. The van der Waals surface area contributed by atoms with Crippen LogP contribution in [-0.2, 0) is 4.79 Å². The van der Waals surface area contributed by atoms with E-state index in [-0.39, 0.29) is 47.7 Å². The van der Waals surface area contributed by atoms with E-state index in [1.54, 1.807) is 54.2 Å². The molecule has 8 nitrogen and oxygen atoms in total. The Labute approximate surface area is 295 Å². The van der Waals surface area contributed by atoms with Crippen LogP contribution in [0, 0.1) is 11.6 Å². The number of carbonyl (C=O) groups is 2. The molecule has 0 saturated carbocycles. The van der Waals surface area contributed by atoms with E-state index in [0.29, 0.717) is 33.7 Å². The van der Waals surface area contributed by atoms with E-state index in [0.717, 1.165) is 5.56 Å². The number of hydrogen-bond acceptors (Lipinski definition) is 5. The van der Waals surface area contributed by atoms with Crippen LogP contribution in [-0.4, -0.2) is 80.6 Å². The topological polar surface area (TPSA) is 121 Å². The van der Waals surface area contributed by atoms with Gasteiger partial charge in [0.1, 0.15) is 23.1 Å². The number of benzene rings is 3. The van der Waals surface area contributed by atoms with E-state index in [1.807, 2.05) is 32.9 Å². The number of aliphatic carboxylic acids is 1. The first kappa shape index (κ1) is 37.7. The number of aliphatic hydroxyl groups is 2. The van der Waals surface area contributed by atoms with Crippen molar-refractivity contribution >= 4 is 47.5 Å². The molecular weight excluding hydrogens is 617 g/mol. The second-order valence-electron chi connectivity index (χ2n) is 11.3. The minimum absolute atomic E-state index is 0. The molecule has 0 saturated heterocycles. The van der Waals surface area contributed by atoms with Gasteiger partial charge in [-0.05, 0) is 79.9 Å². The van der Waals surface area contributed by atoms with Gasteiger partial charge in [0.25, 0.3) is 5.91 Å². The quantitative estimate of drug-likeness (QED) is 0.129. The number of carbonyl (C=O) groups excluding carboxylic acids is 1. The third-order valence-electron chi connectivity index (χ3n) is 7.60. The number of nitrogens with one attached hydrogen (secondary N) is 1. The Morgan fingerprint density at radius 1 is 0.872 bits per heavy atom. The molecule has 0 bridgehead atoms. The summed E-state index contributed by atoms with van der Waals surface area (Å²) in [6, 6.07) is 18.0. The molecule has 0 aliphatic rings. The standard InChI is InChI=1S/C36H38F2N2O6.Na.H/c1-21(2)40-31(18-15-28(41)19-29(42)20-32(43)44)33(24-5-11-26(37)12-6-24)34(25-7-13-27(38)14-8-25)35(40)36(45)39-22(3)23-9-16-30(46-4)17-10-23;;/h5-18,21-22,28-29,41-42H,19-20H2,1-4H3,(H,39,45)(H,43,44);;/b18-15+;;/t22-,28-,29-;;/m1../s1. The van der Waals surface area contributed by atoms with E-state index in [1.165, 1.54) is 30.3 Å². The van der Waals surface area contributed by atoms with Crippen molar-refractivity contribution in [3.05, 3.63) is 107 Å². The molecule has 0 aliphatic heterocycles. The van der Waals surface area contributed by atoms with Crippen molar-refractivity contribution in [3.63, 3.8) is 0 Å². The van der Waals surface area contributed by atoms with Crippen LogP contribution < -0.4 is 10.1 Å². The maximum absolute atomic E-state index is 14.3. The third-order valence-corrected chi connectivity index (χ3v) is 7.60. The van der Waals surface area contributed by atoms with E-state index in [9.17, 15) is 28.6 Å². The zero-order valence-corrected chi connectivity index (χ0v) is 26.1. The molecule has 0 unspecified atom stereocenters. The second-order valence-corrected chi connectivity index (χ2v) is 11.3. The molecule has 4 rings (SSSR count). The van der Waals surface area contributed by atoms with Gasteiger partial charge >= 0.3 is 35.5 Å². The van der Waals surface area contributed by atoms with E-state index in [2.05, 4.69) is 5.32 Å². The molecule has 0 spiro atoms. The van der Waals surface area contributed by atoms with Gasteiger partial charge < -0.3 is 29.9 Å². The van der Waals surface area contributed by atoms with Crippen molar-refractivity contribution in [3.8, 4) is 28.0 Å². The molecule has 1 heterocycles. The zero-order valence-electron chi connectivity index (χ0n) is 26.1. The number of halogens is 2. The maximum atomic E-state index is 14.3. The SMILES string of the molecule is COc1ccc([C@@H](C)NC(=O)c2c(-c3ccc(F)cc3)c(-c3ccc(F)cc3)c(/C=C/[C@@H](O)C[C@@H](O)CC(=O)O)n2C(C)C)cc1.[NaH]. The number of hydrogen-bond donors (Lipinski definition) is 4. The predicted octanol–water partition coefficient (Wildman–Crippen LogP) is 6.13. The summed E-state index contributed by atoms with van der Waals surface area (Å²) in [6.07, 6.45) is -0.224. The molecule has 4 N–H and O–H groups in total. The number of carboxylic acid groups (broad SMARTS) is 1. The van der Waals surface area contributed by atoms with Gasteiger partial charge in [0.15, 0.2) is 0 Å². The van der Waals surface area contributed by atoms with Gasteiger partial charge in [-0.2, -0.15) is 0 Å². The molecule has 47 heavy (non-hydrogen) atoms. The van der Waals surface area contributed by atoms with Gasteiger partial charge in [-0.15, -0.1) is 0 Å². The number of rotatable bonds is 13. The number of methoxy groups -OCH3 is 1. The molecule has 0 radical (unpaired) electrons. The predicted molar refractivity (Wildman–Crippen MR) is 180 cm³/mol. The number of nitrogens with zero attached hydrogens (tertiary/aromatic N) is 1. The summed E-state index contributed by atoms with van der Waals surface area (Å²) < 4.78 is 35.3. The molecule has 0 fully saturated rings. The Bertz CT molecular complexity index is 1690. The number of amides is 1. The number of carboxylic acids is 1. The molecule has 1 amide bonds. The first-order chi connectivity index (χ1) is 21.9. The average molecular weight is 657 g/mol. The van der Waals surface area contributed by atoms with Crippen molar-refractivity contribution in [2.75, 3.05) is 7.11 Å².